The van der Waals surface area contributed by atoms with Crippen molar-refractivity contribution < 1.29 is 9.53 Å². The van der Waals surface area contributed by atoms with Crippen LogP contribution in [0.1, 0.15) is 0 Å². The van der Waals surface area contributed by atoms with Gasteiger partial charge in [0, 0.05) is 6.20 Å². The molecule has 0 aliphatic carbocycles. The van der Waals surface area contributed by atoms with Gasteiger partial charge in [-0.2, -0.15) is 4.98 Å². The Morgan fingerprint density at radius 3 is 3.08 bits per heavy atom. The molecule has 0 atom stereocenters. The fourth-order valence-corrected chi connectivity index (χ4v) is 1.18. The van der Waals surface area contributed by atoms with Crippen molar-refractivity contribution in [3.63, 3.8) is 0 Å². The van der Waals surface area contributed by atoms with Crippen LogP contribution in [-0.4, -0.2) is 22.7 Å². The SMILES string of the molecule is CSc1ncc(Br)c(OC=O)n1. The topological polar surface area (TPSA) is 52.1 Å². The predicted octanol–water partition coefficient (Wildman–Crippen LogP) is 1.50. The predicted molar refractivity (Wildman–Crippen MR) is 48.2 cm³/mol. The van der Waals surface area contributed by atoms with Gasteiger partial charge in [0.1, 0.15) is 0 Å². The van der Waals surface area contributed by atoms with Crippen LogP contribution in [0.3, 0.4) is 0 Å². The third-order valence-electron chi connectivity index (χ3n) is 1.03. The summed E-state index contributed by atoms with van der Waals surface area (Å²) in [4.78, 5) is 17.9. The summed E-state index contributed by atoms with van der Waals surface area (Å²) in [7, 11) is 0. The molecule has 0 saturated carbocycles. The van der Waals surface area contributed by atoms with E-state index < -0.39 is 0 Å². The second kappa shape index (κ2) is 4.42. The highest BCUT2D eigenvalue weighted by molar-refractivity contribution is 9.10. The highest BCUT2D eigenvalue weighted by Crippen LogP contribution is 2.22. The zero-order valence-electron chi connectivity index (χ0n) is 6.15. The number of hydrogen-bond acceptors (Lipinski definition) is 5. The summed E-state index contributed by atoms with van der Waals surface area (Å²) in [6, 6.07) is 0. The number of hydrogen-bond donors (Lipinski definition) is 0. The van der Waals surface area contributed by atoms with Crippen LogP contribution in [0.15, 0.2) is 15.8 Å². The average Bonchev–Trinajstić information content (AvgIpc) is 2.09. The minimum absolute atomic E-state index is 0.240. The molecule has 0 bridgehead atoms. The maximum Gasteiger partial charge on any atom is 0.299 e. The van der Waals surface area contributed by atoms with E-state index in [1.807, 2.05) is 6.26 Å². The molecule has 0 fully saturated rings. The Morgan fingerprint density at radius 2 is 2.50 bits per heavy atom. The quantitative estimate of drug-likeness (QED) is 0.461. The maximum absolute atomic E-state index is 10.0. The number of ether oxygens (including phenoxy) is 1. The largest absolute Gasteiger partial charge is 0.408 e. The van der Waals surface area contributed by atoms with Crippen LogP contribution in [0.5, 0.6) is 5.88 Å². The first-order valence-electron chi connectivity index (χ1n) is 2.94. The zero-order valence-corrected chi connectivity index (χ0v) is 8.55. The van der Waals surface area contributed by atoms with E-state index in [1.54, 1.807) is 0 Å². The lowest BCUT2D eigenvalue weighted by Gasteiger charge is -2.00. The molecular formula is C6H5BrN2O2S. The minimum Gasteiger partial charge on any atom is -0.408 e. The Kier molecular flexibility index (Phi) is 3.48. The Morgan fingerprint density at radius 1 is 1.75 bits per heavy atom. The molecule has 1 heterocycles. The molecule has 64 valence electrons. The summed E-state index contributed by atoms with van der Waals surface area (Å²) in [6.07, 6.45) is 3.38. The Labute approximate surface area is 81.9 Å². The van der Waals surface area contributed by atoms with Gasteiger partial charge in [0.2, 0.25) is 5.88 Å². The molecule has 4 nitrogen and oxygen atoms in total. The fourth-order valence-electron chi connectivity index (χ4n) is 0.563. The first-order chi connectivity index (χ1) is 5.77. The van der Waals surface area contributed by atoms with E-state index >= 15 is 0 Å². The van der Waals surface area contributed by atoms with Gasteiger partial charge in [-0.1, -0.05) is 11.8 Å². The number of carbonyl (C=O) groups is 1. The second-order valence-corrected chi connectivity index (χ2v) is 3.35. The van der Waals surface area contributed by atoms with Gasteiger partial charge in [-0.15, -0.1) is 0 Å². The number of aromatic nitrogens is 2. The molecule has 1 aromatic heterocycles. The second-order valence-electron chi connectivity index (χ2n) is 1.72. The van der Waals surface area contributed by atoms with E-state index in [1.165, 1.54) is 18.0 Å². The maximum atomic E-state index is 10.0. The van der Waals surface area contributed by atoms with Crippen LogP contribution in [0.4, 0.5) is 0 Å². The van der Waals surface area contributed by atoms with Gasteiger partial charge in [-0.25, -0.2) is 4.98 Å². The van der Waals surface area contributed by atoms with Crippen LogP contribution in [-0.2, 0) is 4.79 Å². The van der Waals surface area contributed by atoms with Gasteiger partial charge in [0.15, 0.2) is 5.16 Å². The summed E-state index contributed by atoms with van der Waals surface area (Å²) < 4.78 is 5.15. The number of thioether (sulfide) groups is 1. The lowest BCUT2D eigenvalue weighted by Crippen LogP contribution is -1.95. The molecule has 1 rings (SSSR count). The fraction of sp³-hybridized carbons (Fsp3) is 0.167. The lowest BCUT2D eigenvalue weighted by molar-refractivity contribution is -0.121. The molecule has 6 heteroatoms. The molecule has 0 aliphatic rings. The van der Waals surface area contributed by atoms with Crippen molar-refractivity contribution in [3.8, 4) is 5.88 Å². The van der Waals surface area contributed by atoms with Gasteiger partial charge in [-0.3, -0.25) is 4.79 Å². The molecule has 0 spiro atoms. The van der Waals surface area contributed by atoms with Crippen LogP contribution >= 0.6 is 27.7 Å². The first-order valence-corrected chi connectivity index (χ1v) is 4.96. The number of halogens is 1. The highest BCUT2D eigenvalue weighted by atomic mass is 79.9. The van der Waals surface area contributed by atoms with Gasteiger partial charge >= 0.3 is 0 Å². The molecule has 1 aromatic rings. The van der Waals surface area contributed by atoms with Crippen LogP contribution in [0.2, 0.25) is 0 Å². The van der Waals surface area contributed by atoms with Gasteiger partial charge in [0.25, 0.3) is 6.47 Å². The molecule has 0 saturated heterocycles. The van der Waals surface area contributed by atoms with Crippen LogP contribution in [0.25, 0.3) is 0 Å². The summed E-state index contributed by atoms with van der Waals surface area (Å²) in [5.74, 6) is 0.240. The monoisotopic (exact) mass is 248 g/mol. The van der Waals surface area contributed by atoms with Crippen molar-refractivity contribution in [1.82, 2.24) is 9.97 Å². The highest BCUT2D eigenvalue weighted by Gasteiger charge is 2.04. The van der Waals surface area contributed by atoms with Crippen molar-refractivity contribution in [2.45, 2.75) is 5.16 Å². The molecular weight excluding hydrogens is 244 g/mol. The van der Waals surface area contributed by atoms with Gasteiger partial charge in [-0.05, 0) is 22.2 Å². The Balaban J connectivity index is 2.99. The third kappa shape index (κ3) is 2.18. The van der Waals surface area contributed by atoms with Crippen molar-refractivity contribution in [2.75, 3.05) is 6.26 Å². The lowest BCUT2D eigenvalue weighted by atomic mass is 10.6. The van der Waals surface area contributed by atoms with Crippen molar-refractivity contribution in [2.24, 2.45) is 0 Å². The van der Waals surface area contributed by atoms with Crippen LogP contribution < -0.4 is 4.74 Å². The molecule has 0 aromatic carbocycles. The number of carbonyl (C=O) groups excluding carboxylic acids is 1. The van der Waals surface area contributed by atoms with E-state index in [0.29, 0.717) is 16.1 Å². The normalized spacial score (nSPS) is 9.50. The first kappa shape index (κ1) is 9.47. The minimum atomic E-state index is 0.240. The molecule has 0 N–H and O–H groups in total. The Hall–Kier alpha value is -0.620. The third-order valence-corrected chi connectivity index (χ3v) is 2.14. The van der Waals surface area contributed by atoms with Crippen LogP contribution in [0, 0.1) is 0 Å². The molecule has 0 aliphatic heterocycles. The van der Waals surface area contributed by atoms with Crippen molar-refractivity contribution >= 4 is 34.2 Å². The summed E-state index contributed by atoms with van der Waals surface area (Å²) >= 11 is 4.52. The van der Waals surface area contributed by atoms with Gasteiger partial charge in [0.05, 0.1) is 4.47 Å². The average molecular weight is 249 g/mol. The summed E-state index contributed by atoms with van der Waals surface area (Å²) in [5.41, 5.74) is 0. The molecule has 0 amide bonds. The van der Waals surface area contributed by atoms with Crippen molar-refractivity contribution in [3.05, 3.63) is 10.7 Å². The number of rotatable bonds is 3. The molecule has 0 radical (unpaired) electrons. The molecule has 0 unspecified atom stereocenters. The number of nitrogens with zero attached hydrogens (tertiary/aromatic N) is 2. The molecule has 12 heavy (non-hydrogen) atoms. The van der Waals surface area contributed by atoms with E-state index in [2.05, 4.69) is 30.6 Å². The van der Waals surface area contributed by atoms with E-state index in [9.17, 15) is 4.79 Å². The summed E-state index contributed by atoms with van der Waals surface area (Å²) in [5, 5.41) is 0.565. The van der Waals surface area contributed by atoms with E-state index in [4.69, 9.17) is 0 Å². The standard InChI is InChI=1S/C6H5BrN2O2S/c1-12-6-8-2-4(7)5(9-6)11-3-10/h2-3H,1H3. The Bertz CT molecular complexity index is 295. The van der Waals surface area contributed by atoms with Crippen molar-refractivity contribution in [1.29, 1.82) is 0 Å². The van der Waals surface area contributed by atoms with Gasteiger partial charge < -0.3 is 4.74 Å². The van der Waals surface area contributed by atoms with E-state index in [-0.39, 0.29) is 5.88 Å². The smallest absolute Gasteiger partial charge is 0.299 e. The summed E-state index contributed by atoms with van der Waals surface area (Å²) in [6.45, 7) is 0.331. The zero-order chi connectivity index (χ0) is 8.97. The van der Waals surface area contributed by atoms with E-state index in [0.717, 1.165) is 0 Å².